The highest BCUT2D eigenvalue weighted by molar-refractivity contribution is 6.41. The Morgan fingerprint density at radius 3 is 2.50 bits per heavy atom. The topological polar surface area (TPSA) is 58.7 Å². The molecule has 1 aromatic heterocycles. The quantitative estimate of drug-likeness (QED) is 0.709. The van der Waals surface area contributed by atoms with Crippen molar-refractivity contribution in [2.45, 2.75) is 6.54 Å². The van der Waals surface area contributed by atoms with Gasteiger partial charge in [-0.25, -0.2) is 4.68 Å². The first-order valence-electron chi connectivity index (χ1n) is 7.09. The Morgan fingerprint density at radius 2 is 1.79 bits per heavy atom. The normalized spacial score (nSPS) is 10.4. The van der Waals surface area contributed by atoms with Gasteiger partial charge in [-0.05, 0) is 22.8 Å². The number of aromatic nitrogens is 2. The van der Waals surface area contributed by atoms with E-state index < -0.39 is 5.56 Å². The van der Waals surface area contributed by atoms with Crippen LogP contribution in [0.15, 0.2) is 59.5 Å². The number of benzene rings is 2. The fourth-order valence-electron chi connectivity index (χ4n) is 2.35. The van der Waals surface area contributed by atoms with E-state index in [1.54, 1.807) is 6.07 Å². The molecule has 0 bridgehead atoms. The largest absolute Gasteiger partial charge is 0.287 e. The third kappa shape index (κ3) is 3.18. The van der Waals surface area contributed by atoms with Crippen LogP contribution in [0.1, 0.15) is 11.1 Å². The molecule has 3 rings (SSSR count). The lowest BCUT2D eigenvalue weighted by Gasteiger charge is -2.08. The first-order chi connectivity index (χ1) is 11.6. The van der Waals surface area contributed by atoms with E-state index in [1.807, 2.05) is 42.5 Å². The Morgan fingerprint density at radius 1 is 1.08 bits per heavy atom. The van der Waals surface area contributed by atoms with Crippen LogP contribution in [0, 0.1) is 11.3 Å². The van der Waals surface area contributed by atoms with Gasteiger partial charge < -0.3 is 0 Å². The van der Waals surface area contributed by atoms with Crippen LogP contribution in [0.5, 0.6) is 0 Å². The average Bonchev–Trinajstić information content (AvgIpc) is 2.63. The highest BCUT2D eigenvalue weighted by atomic mass is 35.5. The van der Waals surface area contributed by atoms with Crippen molar-refractivity contribution in [3.63, 3.8) is 0 Å². The van der Waals surface area contributed by atoms with Crippen molar-refractivity contribution in [1.29, 1.82) is 5.26 Å². The summed E-state index contributed by atoms with van der Waals surface area (Å²) in [4.78, 5) is 12.0. The lowest BCUT2D eigenvalue weighted by atomic mass is 9.99. The molecule has 118 valence electrons. The van der Waals surface area contributed by atoms with Crippen molar-refractivity contribution < 1.29 is 0 Å². The molecule has 3 aromatic rings. The van der Waals surface area contributed by atoms with Crippen molar-refractivity contribution in [3.05, 3.63) is 86.3 Å². The molecule has 0 fully saturated rings. The molecule has 0 unspecified atom stereocenters. The molecule has 0 radical (unpaired) electrons. The van der Waals surface area contributed by atoms with Crippen molar-refractivity contribution in [2.24, 2.45) is 0 Å². The zero-order chi connectivity index (χ0) is 17.1. The fraction of sp³-hybridized carbons (Fsp3) is 0.0556. The van der Waals surface area contributed by atoms with Gasteiger partial charge in [-0.1, -0.05) is 65.7 Å². The van der Waals surface area contributed by atoms with Gasteiger partial charge in [-0.2, -0.15) is 10.4 Å². The predicted octanol–water partition coefficient (Wildman–Crippen LogP) is 4.14. The fourth-order valence-corrected chi connectivity index (χ4v) is 2.62. The summed E-state index contributed by atoms with van der Waals surface area (Å²) in [6.07, 6.45) is 1.35. The van der Waals surface area contributed by atoms with E-state index in [4.69, 9.17) is 23.2 Å². The average molecular weight is 356 g/mol. The number of nitrogens with zero attached hydrogens (tertiary/aromatic N) is 3. The van der Waals surface area contributed by atoms with Gasteiger partial charge in [0.25, 0.3) is 5.56 Å². The monoisotopic (exact) mass is 355 g/mol. The minimum absolute atomic E-state index is 0.0359. The predicted molar refractivity (Wildman–Crippen MR) is 94.2 cm³/mol. The van der Waals surface area contributed by atoms with Crippen LogP contribution in [-0.2, 0) is 6.54 Å². The number of hydrogen-bond acceptors (Lipinski definition) is 3. The summed E-state index contributed by atoms with van der Waals surface area (Å²) in [6, 6.07) is 17.2. The zero-order valence-electron chi connectivity index (χ0n) is 12.4. The Balaban J connectivity index is 1.90. The van der Waals surface area contributed by atoms with E-state index in [1.165, 1.54) is 10.9 Å². The molecule has 0 aliphatic carbocycles. The van der Waals surface area contributed by atoms with Crippen LogP contribution in [0.3, 0.4) is 0 Å². The van der Waals surface area contributed by atoms with Gasteiger partial charge in [0.1, 0.15) is 5.02 Å². The van der Waals surface area contributed by atoms with Crippen LogP contribution in [0.4, 0.5) is 0 Å². The maximum Gasteiger partial charge on any atom is 0.287 e. The second-order valence-electron chi connectivity index (χ2n) is 5.12. The number of halogens is 2. The van der Waals surface area contributed by atoms with Gasteiger partial charge in [0.15, 0.2) is 0 Å². The summed E-state index contributed by atoms with van der Waals surface area (Å²) in [5.74, 6) is 0. The van der Waals surface area contributed by atoms with E-state index in [-0.39, 0.29) is 16.6 Å². The molecule has 0 saturated heterocycles. The molecule has 0 N–H and O–H groups in total. The van der Waals surface area contributed by atoms with Gasteiger partial charge in [0, 0.05) is 0 Å². The lowest BCUT2D eigenvalue weighted by molar-refractivity contribution is 0.639. The smallest absolute Gasteiger partial charge is 0.266 e. The molecule has 0 amide bonds. The summed E-state index contributed by atoms with van der Waals surface area (Å²) < 4.78 is 1.26. The lowest BCUT2D eigenvalue weighted by Crippen LogP contribution is -2.23. The molecule has 6 heteroatoms. The number of hydrogen-bond donors (Lipinski definition) is 0. The van der Waals surface area contributed by atoms with Crippen molar-refractivity contribution in [3.8, 4) is 17.2 Å². The highest BCUT2D eigenvalue weighted by Crippen LogP contribution is 2.23. The third-order valence-corrected chi connectivity index (χ3v) is 4.34. The van der Waals surface area contributed by atoms with Gasteiger partial charge in [-0.3, -0.25) is 4.79 Å². The molecule has 0 aliphatic rings. The molecule has 24 heavy (non-hydrogen) atoms. The first-order valence-corrected chi connectivity index (χ1v) is 7.85. The Labute approximate surface area is 148 Å². The minimum Gasteiger partial charge on any atom is -0.266 e. The summed E-state index contributed by atoms with van der Waals surface area (Å²) in [5, 5.41) is 13.3. The first kappa shape index (κ1) is 16.3. The summed E-state index contributed by atoms with van der Waals surface area (Å²) in [6.45, 7) is 0.288. The van der Waals surface area contributed by atoms with Crippen LogP contribution in [-0.4, -0.2) is 9.78 Å². The Bertz CT molecular complexity index is 988. The minimum atomic E-state index is -0.428. The molecule has 1 heterocycles. The van der Waals surface area contributed by atoms with Gasteiger partial charge >= 0.3 is 0 Å². The second kappa shape index (κ2) is 6.88. The number of rotatable bonds is 3. The van der Waals surface area contributed by atoms with Gasteiger partial charge in [0.2, 0.25) is 0 Å². The van der Waals surface area contributed by atoms with Crippen LogP contribution < -0.4 is 5.56 Å². The summed E-state index contributed by atoms with van der Waals surface area (Å²) in [5.41, 5.74) is 2.89. The summed E-state index contributed by atoms with van der Waals surface area (Å²) >= 11 is 11.6. The molecule has 0 aliphatic heterocycles. The van der Waals surface area contributed by atoms with E-state index in [9.17, 15) is 10.1 Å². The van der Waals surface area contributed by atoms with E-state index in [2.05, 4.69) is 11.2 Å². The van der Waals surface area contributed by atoms with Gasteiger partial charge in [-0.15, -0.1) is 0 Å². The molecule has 0 spiro atoms. The standard InChI is InChI=1S/C18H11Cl2N3O/c19-16-10-22-23(18(24)17(16)20)11-12-5-7-13(8-6-12)15-4-2-1-3-14(15)9-21/h1-8,10H,11H2. The van der Waals surface area contributed by atoms with Crippen molar-refractivity contribution >= 4 is 23.2 Å². The van der Waals surface area contributed by atoms with Crippen molar-refractivity contribution in [1.82, 2.24) is 9.78 Å². The zero-order valence-corrected chi connectivity index (χ0v) is 13.9. The Kier molecular flexibility index (Phi) is 4.66. The van der Waals surface area contributed by atoms with Crippen LogP contribution in [0.2, 0.25) is 10.0 Å². The summed E-state index contributed by atoms with van der Waals surface area (Å²) in [7, 11) is 0. The molecule has 0 saturated carbocycles. The second-order valence-corrected chi connectivity index (χ2v) is 5.91. The maximum atomic E-state index is 12.0. The van der Waals surface area contributed by atoms with E-state index in [0.29, 0.717) is 5.56 Å². The highest BCUT2D eigenvalue weighted by Gasteiger charge is 2.08. The molecular formula is C18H11Cl2N3O. The van der Waals surface area contributed by atoms with Crippen LogP contribution in [0.25, 0.3) is 11.1 Å². The number of nitriles is 1. The molecular weight excluding hydrogens is 345 g/mol. The van der Waals surface area contributed by atoms with E-state index >= 15 is 0 Å². The molecule has 0 atom stereocenters. The van der Waals surface area contributed by atoms with E-state index in [0.717, 1.165) is 16.7 Å². The van der Waals surface area contributed by atoms with Crippen LogP contribution >= 0.6 is 23.2 Å². The SMILES string of the molecule is N#Cc1ccccc1-c1ccc(Cn2ncc(Cl)c(Cl)c2=O)cc1. The van der Waals surface area contributed by atoms with Gasteiger partial charge in [0.05, 0.1) is 29.4 Å². The van der Waals surface area contributed by atoms with Crippen molar-refractivity contribution in [2.75, 3.05) is 0 Å². The Hall–Kier alpha value is -2.61. The third-order valence-electron chi connectivity index (χ3n) is 3.59. The molecule has 2 aromatic carbocycles. The maximum absolute atomic E-state index is 12.0. The molecule has 4 nitrogen and oxygen atoms in total.